The van der Waals surface area contributed by atoms with Gasteiger partial charge in [-0.15, -0.1) is 0 Å². The van der Waals surface area contributed by atoms with Gasteiger partial charge in [0, 0.05) is 23.1 Å². The van der Waals surface area contributed by atoms with Crippen LogP contribution in [0.15, 0.2) is 22.7 Å². The third kappa shape index (κ3) is 3.34. The molecule has 0 aliphatic heterocycles. The molecule has 6 heteroatoms. The minimum Gasteiger partial charge on any atom is -0.437 e. The molecule has 0 bridgehead atoms. The molecular weight excluding hydrogens is 342 g/mol. The van der Waals surface area contributed by atoms with Gasteiger partial charge in [0.2, 0.25) is 5.88 Å². The van der Waals surface area contributed by atoms with Crippen LogP contribution in [0.4, 0.5) is 0 Å². The van der Waals surface area contributed by atoms with E-state index < -0.39 is 0 Å². The predicted octanol–water partition coefficient (Wildman–Crippen LogP) is 3.83. The van der Waals surface area contributed by atoms with Crippen LogP contribution in [0.3, 0.4) is 0 Å². The summed E-state index contributed by atoms with van der Waals surface area (Å²) in [7, 11) is 1.85. The first kappa shape index (κ1) is 15.4. The zero-order valence-electron chi connectivity index (χ0n) is 11.7. The summed E-state index contributed by atoms with van der Waals surface area (Å²) in [5.74, 6) is 1.27. The molecule has 0 aliphatic carbocycles. The van der Waals surface area contributed by atoms with Crippen LogP contribution in [0.25, 0.3) is 0 Å². The van der Waals surface area contributed by atoms with Crippen molar-refractivity contribution >= 4 is 27.5 Å². The topological polar surface area (TPSA) is 53.1 Å². The van der Waals surface area contributed by atoms with Gasteiger partial charge in [0.15, 0.2) is 0 Å². The second-order valence-corrected chi connectivity index (χ2v) is 6.17. The molecule has 0 fully saturated rings. The van der Waals surface area contributed by atoms with Gasteiger partial charge in [0.1, 0.15) is 5.75 Å². The van der Waals surface area contributed by atoms with E-state index in [1.807, 2.05) is 33.0 Å². The maximum absolute atomic E-state index is 6.16. The van der Waals surface area contributed by atoms with Gasteiger partial charge in [0.25, 0.3) is 0 Å². The molecule has 108 valence electrons. The highest BCUT2D eigenvalue weighted by atomic mass is 79.9. The number of aryl methyl sites for hydroxylation is 2. The van der Waals surface area contributed by atoms with Gasteiger partial charge in [-0.25, -0.2) is 4.68 Å². The van der Waals surface area contributed by atoms with Crippen molar-refractivity contribution in [2.45, 2.75) is 26.3 Å². The Morgan fingerprint density at radius 2 is 2.20 bits per heavy atom. The summed E-state index contributed by atoms with van der Waals surface area (Å²) in [5.41, 5.74) is 7.83. The summed E-state index contributed by atoms with van der Waals surface area (Å²) < 4.78 is 8.58. The van der Waals surface area contributed by atoms with Gasteiger partial charge in [-0.05, 0) is 38.5 Å². The van der Waals surface area contributed by atoms with Gasteiger partial charge >= 0.3 is 0 Å². The molecule has 1 aromatic carbocycles. The molecule has 0 amide bonds. The summed E-state index contributed by atoms with van der Waals surface area (Å²) in [6.45, 7) is 3.91. The van der Waals surface area contributed by atoms with E-state index in [1.165, 1.54) is 0 Å². The molecule has 1 atom stereocenters. The van der Waals surface area contributed by atoms with E-state index in [2.05, 4.69) is 21.0 Å². The highest BCUT2D eigenvalue weighted by molar-refractivity contribution is 9.10. The van der Waals surface area contributed by atoms with E-state index in [9.17, 15) is 0 Å². The Morgan fingerprint density at radius 1 is 1.50 bits per heavy atom. The van der Waals surface area contributed by atoms with Crippen LogP contribution in [0, 0.1) is 6.92 Å². The van der Waals surface area contributed by atoms with Crippen LogP contribution in [-0.4, -0.2) is 15.8 Å². The SMILES string of the molecule is Cc1nn(C)c(Oc2cc(Br)ccc2Cl)c1CC(C)N. The highest BCUT2D eigenvalue weighted by Gasteiger charge is 2.17. The number of benzene rings is 1. The molecular formula is C14H17BrClN3O. The van der Waals surface area contributed by atoms with Gasteiger partial charge in [-0.2, -0.15) is 5.10 Å². The van der Waals surface area contributed by atoms with Crippen LogP contribution in [0.1, 0.15) is 18.2 Å². The average molecular weight is 359 g/mol. The summed E-state index contributed by atoms with van der Waals surface area (Å²) in [4.78, 5) is 0. The second-order valence-electron chi connectivity index (χ2n) is 4.85. The lowest BCUT2D eigenvalue weighted by Crippen LogP contribution is -2.18. The van der Waals surface area contributed by atoms with Crippen LogP contribution in [0.2, 0.25) is 5.02 Å². The largest absolute Gasteiger partial charge is 0.437 e. The van der Waals surface area contributed by atoms with Gasteiger partial charge in [-0.3, -0.25) is 0 Å². The number of hydrogen-bond donors (Lipinski definition) is 1. The van der Waals surface area contributed by atoms with Gasteiger partial charge in [-0.1, -0.05) is 27.5 Å². The van der Waals surface area contributed by atoms with E-state index in [4.69, 9.17) is 22.1 Å². The summed E-state index contributed by atoms with van der Waals surface area (Å²) in [6.07, 6.45) is 0.709. The van der Waals surface area contributed by atoms with Crippen molar-refractivity contribution in [1.82, 2.24) is 9.78 Å². The van der Waals surface area contributed by atoms with Crippen LogP contribution >= 0.6 is 27.5 Å². The van der Waals surface area contributed by atoms with Crippen molar-refractivity contribution in [2.24, 2.45) is 12.8 Å². The lowest BCUT2D eigenvalue weighted by molar-refractivity contribution is 0.424. The minimum atomic E-state index is 0.0400. The van der Waals surface area contributed by atoms with E-state index >= 15 is 0 Å². The second kappa shape index (κ2) is 6.16. The number of nitrogens with two attached hydrogens (primary N) is 1. The summed E-state index contributed by atoms with van der Waals surface area (Å²) in [5, 5.41) is 4.95. The molecule has 4 nitrogen and oxygen atoms in total. The minimum absolute atomic E-state index is 0.0400. The number of nitrogens with zero attached hydrogens (tertiary/aromatic N) is 2. The molecule has 1 unspecified atom stereocenters. The molecule has 2 aromatic rings. The number of rotatable bonds is 4. The maximum Gasteiger partial charge on any atom is 0.221 e. The molecule has 0 spiro atoms. The molecule has 2 N–H and O–H groups in total. The van der Waals surface area contributed by atoms with E-state index in [0.29, 0.717) is 23.1 Å². The van der Waals surface area contributed by atoms with Crippen molar-refractivity contribution in [3.63, 3.8) is 0 Å². The first-order valence-electron chi connectivity index (χ1n) is 6.29. The lowest BCUT2D eigenvalue weighted by atomic mass is 10.1. The predicted molar refractivity (Wildman–Crippen MR) is 84.5 cm³/mol. The standard InChI is InChI=1S/C14H17BrClN3O/c1-8(17)6-11-9(2)18-19(3)14(11)20-13-7-10(15)4-5-12(13)16/h4-5,7-8H,6,17H2,1-3H3. The monoisotopic (exact) mass is 357 g/mol. The Kier molecular flexibility index (Phi) is 4.73. The molecule has 20 heavy (non-hydrogen) atoms. The molecule has 0 aliphatic rings. The van der Waals surface area contributed by atoms with E-state index in [1.54, 1.807) is 10.7 Å². The Hall–Kier alpha value is -1.04. The van der Waals surface area contributed by atoms with Crippen molar-refractivity contribution in [3.8, 4) is 11.6 Å². The zero-order chi connectivity index (χ0) is 14.9. The molecule has 1 aromatic heterocycles. The first-order chi connectivity index (χ1) is 9.38. The van der Waals surface area contributed by atoms with Crippen LogP contribution < -0.4 is 10.5 Å². The quantitative estimate of drug-likeness (QED) is 0.904. The lowest BCUT2D eigenvalue weighted by Gasteiger charge is -2.11. The molecule has 0 saturated heterocycles. The van der Waals surface area contributed by atoms with Crippen molar-refractivity contribution < 1.29 is 4.74 Å². The van der Waals surface area contributed by atoms with Crippen molar-refractivity contribution in [1.29, 1.82) is 0 Å². The highest BCUT2D eigenvalue weighted by Crippen LogP contribution is 2.34. The Labute approximate surface area is 132 Å². The summed E-state index contributed by atoms with van der Waals surface area (Å²) >= 11 is 9.57. The zero-order valence-corrected chi connectivity index (χ0v) is 14.0. The smallest absolute Gasteiger partial charge is 0.221 e. The molecule has 2 rings (SSSR count). The normalized spacial score (nSPS) is 12.5. The number of ether oxygens (including phenoxy) is 1. The number of aromatic nitrogens is 2. The van der Waals surface area contributed by atoms with Crippen LogP contribution in [-0.2, 0) is 13.5 Å². The Bertz CT molecular complexity index is 625. The van der Waals surface area contributed by atoms with E-state index in [0.717, 1.165) is 15.7 Å². The first-order valence-corrected chi connectivity index (χ1v) is 7.46. The fraction of sp³-hybridized carbons (Fsp3) is 0.357. The average Bonchev–Trinajstić information content (AvgIpc) is 2.60. The molecule has 0 radical (unpaired) electrons. The number of hydrogen-bond acceptors (Lipinski definition) is 3. The van der Waals surface area contributed by atoms with E-state index in [-0.39, 0.29) is 6.04 Å². The van der Waals surface area contributed by atoms with Gasteiger partial charge < -0.3 is 10.5 Å². The van der Waals surface area contributed by atoms with Gasteiger partial charge in [0.05, 0.1) is 10.7 Å². The Balaban J connectivity index is 2.40. The van der Waals surface area contributed by atoms with Crippen molar-refractivity contribution in [3.05, 3.63) is 39.0 Å². The Morgan fingerprint density at radius 3 is 2.85 bits per heavy atom. The third-order valence-electron chi connectivity index (χ3n) is 2.91. The fourth-order valence-corrected chi connectivity index (χ4v) is 2.52. The van der Waals surface area contributed by atoms with Crippen molar-refractivity contribution in [2.75, 3.05) is 0 Å². The molecule has 0 saturated carbocycles. The maximum atomic E-state index is 6.16. The third-order valence-corrected chi connectivity index (χ3v) is 3.72. The van der Waals surface area contributed by atoms with Crippen LogP contribution in [0.5, 0.6) is 11.6 Å². The summed E-state index contributed by atoms with van der Waals surface area (Å²) in [6, 6.07) is 5.53. The number of halogens is 2. The molecule has 1 heterocycles. The fourth-order valence-electron chi connectivity index (χ4n) is 2.03.